The summed E-state index contributed by atoms with van der Waals surface area (Å²) in [5, 5.41) is 3.64. The fraction of sp³-hybridized carbons (Fsp3) is 1.00. The Morgan fingerprint density at radius 1 is 1.00 bits per heavy atom. The molecule has 112 valence electrons. The van der Waals surface area contributed by atoms with E-state index in [9.17, 15) is 0 Å². The molecule has 1 aliphatic carbocycles. The van der Waals surface area contributed by atoms with Gasteiger partial charge in [-0.25, -0.2) is 0 Å². The zero-order chi connectivity index (χ0) is 13.3. The maximum absolute atomic E-state index is 6.31. The molecule has 19 heavy (non-hydrogen) atoms. The number of likely N-dealkylation sites (N-methyl/N-ethyl adjacent to an activating group) is 1. The molecular formula is C16H31NO2. The summed E-state index contributed by atoms with van der Waals surface area (Å²) in [6.45, 7) is 6.05. The molecule has 2 atom stereocenters. The second-order valence-electron chi connectivity index (χ2n) is 6.08. The van der Waals surface area contributed by atoms with Crippen LogP contribution in [0.25, 0.3) is 0 Å². The van der Waals surface area contributed by atoms with Crippen molar-refractivity contribution in [2.75, 3.05) is 26.4 Å². The van der Waals surface area contributed by atoms with Crippen molar-refractivity contribution in [1.29, 1.82) is 0 Å². The van der Waals surface area contributed by atoms with E-state index in [4.69, 9.17) is 9.47 Å². The zero-order valence-electron chi connectivity index (χ0n) is 12.5. The molecule has 1 N–H and O–H groups in total. The maximum atomic E-state index is 6.31. The van der Waals surface area contributed by atoms with Crippen LogP contribution in [0.5, 0.6) is 0 Å². The third kappa shape index (κ3) is 5.41. The Morgan fingerprint density at radius 3 is 2.47 bits per heavy atom. The number of hydrogen-bond acceptors (Lipinski definition) is 3. The lowest BCUT2D eigenvalue weighted by Gasteiger charge is -2.32. The highest BCUT2D eigenvalue weighted by Gasteiger charge is 2.24. The molecule has 0 aromatic rings. The highest BCUT2D eigenvalue weighted by molar-refractivity contribution is 4.79. The molecule has 0 amide bonds. The van der Waals surface area contributed by atoms with Gasteiger partial charge in [0.05, 0.1) is 12.7 Å². The summed E-state index contributed by atoms with van der Waals surface area (Å²) in [7, 11) is 0. The molecule has 2 rings (SSSR count). The summed E-state index contributed by atoms with van der Waals surface area (Å²) in [4.78, 5) is 0. The topological polar surface area (TPSA) is 30.5 Å². The average molecular weight is 269 g/mol. The monoisotopic (exact) mass is 269 g/mol. The van der Waals surface area contributed by atoms with Crippen molar-refractivity contribution in [3.05, 3.63) is 0 Å². The van der Waals surface area contributed by atoms with Crippen molar-refractivity contribution in [2.24, 2.45) is 5.92 Å². The van der Waals surface area contributed by atoms with Gasteiger partial charge in [0, 0.05) is 19.3 Å². The molecule has 2 unspecified atom stereocenters. The molecule has 1 saturated carbocycles. The molecule has 0 aromatic heterocycles. The van der Waals surface area contributed by atoms with Gasteiger partial charge in [-0.2, -0.15) is 0 Å². The molecule has 0 aromatic carbocycles. The summed E-state index contributed by atoms with van der Waals surface area (Å²) in [6, 6.07) is 0.574. The van der Waals surface area contributed by atoms with Crippen LogP contribution in [-0.2, 0) is 9.47 Å². The van der Waals surface area contributed by atoms with E-state index in [1.165, 1.54) is 51.4 Å². The van der Waals surface area contributed by atoms with Crippen LogP contribution in [0.3, 0.4) is 0 Å². The van der Waals surface area contributed by atoms with Gasteiger partial charge in [0.25, 0.3) is 0 Å². The van der Waals surface area contributed by atoms with Gasteiger partial charge in [0.15, 0.2) is 0 Å². The number of hydrogen-bond donors (Lipinski definition) is 1. The lowest BCUT2D eigenvalue weighted by Crippen LogP contribution is -2.42. The van der Waals surface area contributed by atoms with E-state index in [1.807, 2.05) is 0 Å². The van der Waals surface area contributed by atoms with Gasteiger partial charge in [-0.3, -0.25) is 0 Å². The van der Waals surface area contributed by atoms with Crippen LogP contribution in [0, 0.1) is 5.92 Å². The second kappa shape index (κ2) is 8.93. The van der Waals surface area contributed by atoms with Gasteiger partial charge in [-0.15, -0.1) is 0 Å². The fourth-order valence-electron chi connectivity index (χ4n) is 3.32. The van der Waals surface area contributed by atoms with Crippen LogP contribution in [-0.4, -0.2) is 38.5 Å². The van der Waals surface area contributed by atoms with Gasteiger partial charge in [0.2, 0.25) is 0 Å². The molecular weight excluding hydrogens is 238 g/mol. The lowest BCUT2D eigenvalue weighted by molar-refractivity contribution is -0.0307. The molecule has 0 radical (unpaired) electrons. The van der Waals surface area contributed by atoms with E-state index in [0.717, 1.165) is 32.3 Å². The molecule has 3 heteroatoms. The minimum absolute atomic E-state index is 0.433. The first-order chi connectivity index (χ1) is 9.40. The van der Waals surface area contributed by atoms with E-state index in [0.29, 0.717) is 12.1 Å². The van der Waals surface area contributed by atoms with E-state index in [-0.39, 0.29) is 0 Å². The van der Waals surface area contributed by atoms with Crippen molar-refractivity contribution in [3.8, 4) is 0 Å². The molecule has 1 heterocycles. The highest BCUT2D eigenvalue weighted by Crippen LogP contribution is 2.22. The van der Waals surface area contributed by atoms with Crippen LogP contribution in [0.15, 0.2) is 0 Å². The Balaban J connectivity index is 1.78. The zero-order valence-corrected chi connectivity index (χ0v) is 12.5. The fourth-order valence-corrected chi connectivity index (χ4v) is 3.32. The Hall–Kier alpha value is -0.120. The predicted molar refractivity (Wildman–Crippen MR) is 78.4 cm³/mol. The van der Waals surface area contributed by atoms with Crippen LogP contribution >= 0.6 is 0 Å². The largest absolute Gasteiger partial charge is 0.381 e. The molecule has 3 nitrogen and oxygen atoms in total. The first-order valence-electron chi connectivity index (χ1n) is 8.33. The molecule has 1 aliphatic heterocycles. The van der Waals surface area contributed by atoms with Gasteiger partial charge in [-0.1, -0.05) is 32.6 Å². The Morgan fingerprint density at radius 2 is 1.74 bits per heavy atom. The Labute approximate surface area is 118 Å². The first-order valence-corrected chi connectivity index (χ1v) is 8.33. The molecule has 0 bridgehead atoms. The normalized spacial score (nSPS) is 30.8. The third-order valence-corrected chi connectivity index (χ3v) is 4.56. The van der Waals surface area contributed by atoms with Gasteiger partial charge >= 0.3 is 0 Å². The van der Waals surface area contributed by atoms with Gasteiger partial charge < -0.3 is 14.8 Å². The highest BCUT2D eigenvalue weighted by atomic mass is 16.5. The van der Waals surface area contributed by atoms with Crippen molar-refractivity contribution in [1.82, 2.24) is 5.32 Å². The summed E-state index contributed by atoms with van der Waals surface area (Å²) < 4.78 is 11.7. The molecule has 1 saturated heterocycles. The molecule has 0 spiro atoms. The second-order valence-corrected chi connectivity index (χ2v) is 6.08. The van der Waals surface area contributed by atoms with Crippen molar-refractivity contribution >= 4 is 0 Å². The summed E-state index contributed by atoms with van der Waals surface area (Å²) in [5.74, 6) is 0.724. The standard InChI is InChI=1S/C16H31NO2/c1-2-17-15-7-5-3-4-6-8-16(15)19-13-14-9-11-18-12-10-14/h14-17H,2-13H2,1H3. The summed E-state index contributed by atoms with van der Waals surface area (Å²) in [5.41, 5.74) is 0. The summed E-state index contributed by atoms with van der Waals surface area (Å²) in [6.07, 6.45) is 10.8. The van der Waals surface area contributed by atoms with E-state index >= 15 is 0 Å². The Bertz CT molecular complexity index is 229. The SMILES string of the molecule is CCNC1CCCCCCC1OCC1CCOCC1. The van der Waals surface area contributed by atoms with Gasteiger partial charge in [0.1, 0.15) is 0 Å². The maximum Gasteiger partial charge on any atom is 0.0728 e. The number of nitrogens with one attached hydrogen (secondary N) is 1. The van der Waals surface area contributed by atoms with Crippen molar-refractivity contribution in [3.63, 3.8) is 0 Å². The van der Waals surface area contributed by atoms with E-state index in [1.54, 1.807) is 0 Å². The van der Waals surface area contributed by atoms with Crippen LogP contribution in [0.2, 0.25) is 0 Å². The van der Waals surface area contributed by atoms with Crippen molar-refractivity contribution in [2.45, 2.75) is 70.4 Å². The molecule has 2 aliphatic rings. The van der Waals surface area contributed by atoms with E-state index in [2.05, 4.69) is 12.2 Å². The number of ether oxygens (including phenoxy) is 2. The predicted octanol–water partition coefficient (Wildman–Crippen LogP) is 3.13. The van der Waals surface area contributed by atoms with E-state index < -0.39 is 0 Å². The van der Waals surface area contributed by atoms with Crippen LogP contribution in [0.4, 0.5) is 0 Å². The third-order valence-electron chi connectivity index (χ3n) is 4.56. The average Bonchev–Trinajstić information content (AvgIpc) is 2.43. The number of rotatable bonds is 5. The van der Waals surface area contributed by atoms with Crippen LogP contribution < -0.4 is 5.32 Å². The molecule has 2 fully saturated rings. The van der Waals surface area contributed by atoms with Crippen LogP contribution in [0.1, 0.15) is 58.3 Å². The Kier molecular flexibility index (Phi) is 7.18. The minimum Gasteiger partial charge on any atom is -0.381 e. The minimum atomic E-state index is 0.433. The smallest absolute Gasteiger partial charge is 0.0728 e. The lowest BCUT2D eigenvalue weighted by atomic mass is 9.93. The van der Waals surface area contributed by atoms with Gasteiger partial charge in [-0.05, 0) is 38.1 Å². The van der Waals surface area contributed by atoms with Crippen molar-refractivity contribution < 1.29 is 9.47 Å². The quantitative estimate of drug-likeness (QED) is 0.832. The first kappa shape index (κ1) is 15.3. The summed E-state index contributed by atoms with van der Waals surface area (Å²) >= 11 is 0.